The minimum Gasteiger partial charge on any atom is -0.475 e. The summed E-state index contributed by atoms with van der Waals surface area (Å²) in [7, 11) is 0. The van der Waals surface area contributed by atoms with Crippen molar-refractivity contribution in [1.29, 1.82) is 0 Å². The van der Waals surface area contributed by atoms with Crippen molar-refractivity contribution in [2.45, 2.75) is 59.0 Å². The van der Waals surface area contributed by atoms with Gasteiger partial charge in [0.2, 0.25) is 5.76 Å². The monoisotopic (exact) mass is 327 g/mol. The number of aryl methyl sites for hydroxylation is 2. The van der Waals surface area contributed by atoms with Crippen molar-refractivity contribution in [2.24, 2.45) is 0 Å². The summed E-state index contributed by atoms with van der Waals surface area (Å²) >= 11 is 0. The molecule has 0 bridgehead atoms. The summed E-state index contributed by atoms with van der Waals surface area (Å²) in [6.07, 6.45) is 1.05. The molecule has 3 rings (SSSR count). The maximum atomic E-state index is 11.0. The zero-order valence-corrected chi connectivity index (χ0v) is 15.0. The molecular weight excluding hydrogens is 302 g/mol. The van der Waals surface area contributed by atoms with Crippen LogP contribution in [0.3, 0.4) is 0 Å². The van der Waals surface area contributed by atoms with E-state index in [2.05, 4.69) is 51.7 Å². The second-order valence-corrected chi connectivity index (χ2v) is 7.57. The molecule has 1 aromatic heterocycles. The lowest BCUT2D eigenvalue weighted by Gasteiger charge is -2.47. The summed E-state index contributed by atoms with van der Waals surface area (Å²) in [6, 6.07) is 7.84. The van der Waals surface area contributed by atoms with E-state index in [1.54, 1.807) is 6.07 Å². The summed E-state index contributed by atoms with van der Waals surface area (Å²) in [5.74, 6) is 0.143. The number of hydrogen-bond donors (Lipinski definition) is 1. The lowest BCUT2D eigenvalue weighted by atomic mass is 9.79. The van der Waals surface area contributed by atoms with Crippen LogP contribution in [0.2, 0.25) is 0 Å². The topological polar surface area (TPSA) is 53.7 Å². The largest absolute Gasteiger partial charge is 0.475 e. The van der Waals surface area contributed by atoms with Gasteiger partial charge in [-0.1, -0.05) is 13.0 Å². The highest BCUT2D eigenvalue weighted by Crippen LogP contribution is 2.45. The summed E-state index contributed by atoms with van der Waals surface area (Å²) in [5.41, 5.74) is 5.16. The third-order valence-electron chi connectivity index (χ3n) is 5.19. The third kappa shape index (κ3) is 2.81. The SMILES string of the molecule is Cc1cc2c(cc1C)N(Cc1ccc(C(=O)O)o1)C(C)(C)CC2C. The summed E-state index contributed by atoms with van der Waals surface area (Å²) < 4.78 is 5.50. The van der Waals surface area contributed by atoms with Gasteiger partial charge < -0.3 is 14.4 Å². The van der Waals surface area contributed by atoms with Crippen LogP contribution in [-0.2, 0) is 6.54 Å². The molecule has 2 heterocycles. The molecule has 2 aromatic rings. The van der Waals surface area contributed by atoms with Crippen molar-refractivity contribution < 1.29 is 14.3 Å². The number of anilines is 1. The summed E-state index contributed by atoms with van der Waals surface area (Å²) in [5, 5.41) is 9.06. The molecule has 0 radical (unpaired) electrons. The molecule has 1 N–H and O–H groups in total. The van der Waals surface area contributed by atoms with Gasteiger partial charge in [-0.2, -0.15) is 0 Å². The van der Waals surface area contributed by atoms with E-state index in [0.717, 1.165) is 6.42 Å². The molecule has 1 aliphatic heterocycles. The minimum absolute atomic E-state index is 0.00602. The zero-order valence-electron chi connectivity index (χ0n) is 15.0. The Bertz CT molecular complexity index is 788. The molecule has 24 heavy (non-hydrogen) atoms. The molecular formula is C20H25NO3. The maximum absolute atomic E-state index is 11.0. The fraction of sp³-hybridized carbons (Fsp3) is 0.450. The third-order valence-corrected chi connectivity index (χ3v) is 5.19. The van der Waals surface area contributed by atoms with Gasteiger partial charge in [0.25, 0.3) is 0 Å². The van der Waals surface area contributed by atoms with E-state index >= 15 is 0 Å². The van der Waals surface area contributed by atoms with Crippen LogP contribution < -0.4 is 4.90 Å². The number of carboxylic acid groups (broad SMARTS) is 1. The first kappa shape index (κ1) is 16.6. The van der Waals surface area contributed by atoms with Crippen molar-refractivity contribution in [1.82, 2.24) is 0 Å². The van der Waals surface area contributed by atoms with Crippen LogP contribution in [0.4, 0.5) is 5.69 Å². The highest BCUT2D eigenvalue weighted by molar-refractivity contribution is 5.84. The standard InChI is InChI=1S/C20H25NO3/c1-12-8-16-14(3)10-20(4,5)21(17(16)9-13(12)2)11-15-6-7-18(24-15)19(22)23/h6-9,14H,10-11H2,1-5H3,(H,22,23). The van der Waals surface area contributed by atoms with Gasteiger partial charge in [-0.25, -0.2) is 4.79 Å². The van der Waals surface area contributed by atoms with Crippen molar-refractivity contribution >= 4 is 11.7 Å². The Labute approximate surface area is 143 Å². The van der Waals surface area contributed by atoms with Gasteiger partial charge in [-0.3, -0.25) is 0 Å². The Morgan fingerprint density at radius 3 is 2.58 bits per heavy atom. The molecule has 0 saturated heterocycles. The van der Waals surface area contributed by atoms with Gasteiger partial charge in [-0.05, 0) is 74.9 Å². The number of aromatic carboxylic acids is 1. The molecule has 0 saturated carbocycles. The van der Waals surface area contributed by atoms with Crippen LogP contribution in [0.1, 0.15) is 66.1 Å². The van der Waals surface area contributed by atoms with Crippen LogP contribution in [0.25, 0.3) is 0 Å². The first-order chi connectivity index (χ1) is 11.2. The van der Waals surface area contributed by atoms with Gasteiger partial charge in [0.05, 0.1) is 6.54 Å². The van der Waals surface area contributed by atoms with Gasteiger partial charge >= 0.3 is 5.97 Å². The van der Waals surface area contributed by atoms with Crippen molar-refractivity contribution in [3.63, 3.8) is 0 Å². The average Bonchev–Trinajstić information content (AvgIpc) is 2.94. The smallest absolute Gasteiger partial charge is 0.371 e. The number of nitrogens with zero attached hydrogens (tertiary/aromatic N) is 1. The Balaban J connectivity index is 2.03. The van der Waals surface area contributed by atoms with E-state index in [4.69, 9.17) is 9.52 Å². The maximum Gasteiger partial charge on any atom is 0.371 e. The Morgan fingerprint density at radius 1 is 1.29 bits per heavy atom. The number of furan rings is 1. The molecule has 4 heteroatoms. The molecule has 1 aromatic carbocycles. The molecule has 1 atom stereocenters. The minimum atomic E-state index is -1.03. The van der Waals surface area contributed by atoms with E-state index in [9.17, 15) is 4.79 Å². The lowest BCUT2D eigenvalue weighted by molar-refractivity contribution is 0.0660. The van der Waals surface area contributed by atoms with E-state index in [0.29, 0.717) is 18.2 Å². The quantitative estimate of drug-likeness (QED) is 0.872. The molecule has 1 aliphatic rings. The normalized spacial score (nSPS) is 19.2. The van der Waals surface area contributed by atoms with E-state index in [-0.39, 0.29) is 11.3 Å². The lowest BCUT2D eigenvalue weighted by Crippen LogP contribution is -2.47. The molecule has 4 nitrogen and oxygen atoms in total. The summed E-state index contributed by atoms with van der Waals surface area (Å²) in [4.78, 5) is 13.4. The molecule has 1 unspecified atom stereocenters. The van der Waals surface area contributed by atoms with E-state index < -0.39 is 5.97 Å². The highest BCUT2D eigenvalue weighted by atomic mass is 16.4. The number of fused-ring (bicyclic) bond motifs is 1. The van der Waals surface area contributed by atoms with Gasteiger partial charge in [0.15, 0.2) is 0 Å². The van der Waals surface area contributed by atoms with E-state index in [1.807, 2.05) is 0 Å². The fourth-order valence-corrected chi connectivity index (χ4v) is 3.78. The van der Waals surface area contributed by atoms with Crippen LogP contribution >= 0.6 is 0 Å². The van der Waals surface area contributed by atoms with Crippen LogP contribution in [0.15, 0.2) is 28.7 Å². The van der Waals surface area contributed by atoms with Crippen molar-refractivity contribution in [2.75, 3.05) is 4.90 Å². The van der Waals surface area contributed by atoms with Crippen LogP contribution in [-0.4, -0.2) is 16.6 Å². The second-order valence-electron chi connectivity index (χ2n) is 7.57. The van der Waals surface area contributed by atoms with E-state index in [1.165, 1.54) is 28.4 Å². The van der Waals surface area contributed by atoms with Gasteiger partial charge in [0.1, 0.15) is 5.76 Å². The summed E-state index contributed by atoms with van der Waals surface area (Å²) in [6.45, 7) is 11.6. The highest BCUT2D eigenvalue weighted by Gasteiger charge is 2.37. The molecule has 128 valence electrons. The first-order valence-corrected chi connectivity index (χ1v) is 8.40. The number of benzene rings is 1. The second kappa shape index (κ2) is 5.69. The Morgan fingerprint density at radius 2 is 1.96 bits per heavy atom. The van der Waals surface area contributed by atoms with Crippen LogP contribution in [0, 0.1) is 13.8 Å². The van der Waals surface area contributed by atoms with Gasteiger partial charge in [0, 0.05) is 11.2 Å². The van der Waals surface area contributed by atoms with Crippen molar-refractivity contribution in [3.8, 4) is 0 Å². The Kier molecular flexibility index (Phi) is 3.94. The Hall–Kier alpha value is -2.23. The molecule has 0 fully saturated rings. The first-order valence-electron chi connectivity index (χ1n) is 8.40. The molecule has 0 aliphatic carbocycles. The van der Waals surface area contributed by atoms with Crippen molar-refractivity contribution in [3.05, 3.63) is 52.5 Å². The molecule has 0 amide bonds. The number of rotatable bonds is 3. The van der Waals surface area contributed by atoms with Crippen LogP contribution in [0.5, 0.6) is 0 Å². The average molecular weight is 327 g/mol. The predicted molar refractivity (Wildman–Crippen MR) is 94.9 cm³/mol. The number of carboxylic acids is 1. The molecule has 0 spiro atoms. The zero-order chi connectivity index (χ0) is 17.6. The predicted octanol–water partition coefficient (Wildman–Crippen LogP) is 4.89. The fourth-order valence-electron chi connectivity index (χ4n) is 3.78. The van der Waals surface area contributed by atoms with Gasteiger partial charge in [-0.15, -0.1) is 0 Å². The number of carbonyl (C=O) groups is 1. The number of hydrogen-bond acceptors (Lipinski definition) is 3.